The first-order valence-electron chi connectivity index (χ1n) is 10.1. The van der Waals surface area contributed by atoms with E-state index in [1.54, 1.807) is 15.8 Å². The molecular formula is C22H19FN6O3. The van der Waals surface area contributed by atoms with Gasteiger partial charge in [-0.1, -0.05) is 40.7 Å². The van der Waals surface area contributed by atoms with Crippen LogP contribution in [0.5, 0.6) is 5.75 Å². The molecule has 0 unspecified atom stereocenters. The zero-order valence-corrected chi connectivity index (χ0v) is 17.0. The Morgan fingerprint density at radius 1 is 1.16 bits per heavy atom. The van der Waals surface area contributed by atoms with E-state index in [2.05, 4.69) is 20.5 Å². The molecule has 1 amide bonds. The van der Waals surface area contributed by atoms with Gasteiger partial charge in [-0.25, -0.2) is 9.07 Å². The maximum atomic E-state index is 13.0. The number of hydrogen-bond acceptors (Lipinski definition) is 7. The average Bonchev–Trinajstić information content (AvgIpc) is 3.59. The van der Waals surface area contributed by atoms with Gasteiger partial charge in [0.05, 0.1) is 12.2 Å². The zero-order chi connectivity index (χ0) is 21.9. The van der Waals surface area contributed by atoms with Crippen molar-refractivity contribution in [2.24, 2.45) is 0 Å². The Morgan fingerprint density at radius 2 is 1.97 bits per heavy atom. The van der Waals surface area contributed by atoms with Crippen LogP contribution in [0.3, 0.4) is 0 Å². The van der Waals surface area contributed by atoms with Crippen molar-refractivity contribution in [1.29, 1.82) is 0 Å². The van der Waals surface area contributed by atoms with Gasteiger partial charge < -0.3 is 14.2 Å². The first-order chi connectivity index (χ1) is 15.7. The first kappa shape index (κ1) is 19.9. The van der Waals surface area contributed by atoms with Crippen molar-refractivity contribution in [3.63, 3.8) is 0 Å². The third-order valence-electron chi connectivity index (χ3n) is 5.25. The van der Waals surface area contributed by atoms with Crippen LogP contribution in [-0.4, -0.2) is 55.6 Å². The summed E-state index contributed by atoms with van der Waals surface area (Å²) in [4.78, 5) is 18.6. The minimum absolute atomic E-state index is 0.0115. The fourth-order valence-electron chi connectivity index (χ4n) is 3.54. The summed E-state index contributed by atoms with van der Waals surface area (Å²) in [6.45, 7) is 0.975. The molecule has 1 saturated heterocycles. The van der Waals surface area contributed by atoms with Crippen LogP contribution in [0.4, 0.5) is 4.39 Å². The molecule has 9 nitrogen and oxygen atoms in total. The molecule has 32 heavy (non-hydrogen) atoms. The Labute approximate surface area is 182 Å². The lowest BCUT2D eigenvalue weighted by Crippen LogP contribution is -2.33. The van der Waals surface area contributed by atoms with Crippen molar-refractivity contribution in [3.8, 4) is 28.7 Å². The van der Waals surface area contributed by atoms with Crippen molar-refractivity contribution in [2.75, 3.05) is 19.7 Å². The van der Waals surface area contributed by atoms with Crippen LogP contribution in [0.25, 0.3) is 23.0 Å². The Morgan fingerprint density at radius 3 is 2.78 bits per heavy atom. The van der Waals surface area contributed by atoms with Gasteiger partial charge in [0.1, 0.15) is 11.6 Å². The molecule has 0 N–H and O–H groups in total. The number of aromatic nitrogens is 5. The summed E-state index contributed by atoms with van der Waals surface area (Å²) in [6.07, 6.45) is 2.49. The van der Waals surface area contributed by atoms with Crippen LogP contribution in [0.2, 0.25) is 0 Å². The van der Waals surface area contributed by atoms with Gasteiger partial charge in [-0.3, -0.25) is 4.79 Å². The number of rotatable bonds is 6. The van der Waals surface area contributed by atoms with Gasteiger partial charge in [-0.05, 0) is 30.7 Å². The van der Waals surface area contributed by atoms with Gasteiger partial charge in [0.2, 0.25) is 5.82 Å². The maximum absolute atomic E-state index is 13.0. The molecule has 1 aliphatic rings. The predicted molar refractivity (Wildman–Crippen MR) is 111 cm³/mol. The molecule has 3 heterocycles. The molecule has 0 bridgehead atoms. The molecule has 2 aromatic carbocycles. The fourth-order valence-corrected chi connectivity index (χ4v) is 3.54. The van der Waals surface area contributed by atoms with Crippen LogP contribution in [-0.2, 0) is 4.79 Å². The second-order valence-electron chi connectivity index (χ2n) is 7.40. The van der Waals surface area contributed by atoms with E-state index < -0.39 is 0 Å². The number of nitrogens with zero attached hydrogens (tertiary/aromatic N) is 6. The lowest BCUT2D eigenvalue weighted by Gasteiger charge is -2.16. The van der Waals surface area contributed by atoms with Crippen LogP contribution < -0.4 is 4.74 Å². The highest BCUT2D eigenvalue weighted by atomic mass is 19.1. The van der Waals surface area contributed by atoms with Gasteiger partial charge in [0.25, 0.3) is 11.8 Å². The molecule has 0 radical (unpaired) electrons. The van der Waals surface area contributed by atoms with Crippen molar-refractivity contribution in [1.82, 2.24) is 30.0 Å². The molecule has 0 saturated carbocycles. The smallest absolute Gasteiger partial charge is 0.280 e. The van der Waals surface area contributed by atoms with Crippen molar-refractivity contribution >= 4 is 5.91 Å². The SMILES string of the molecule is O=C(COc1ccc(F)cc1)N1CC[C@@H](n2cc(-c3nc(-c4ccccc4)no3)nn2)C1. The van der Waals surface area contributed by atoms with E-state index in [4.69, 9.17) is 9.26 Å². The number of amides is 1. The summed E-state index contributed by atoms with van der Waals surface area (Å²) in [6, 6.07) is 15.1. The van der Waals surface area contributed by atoms with Gasteiger partial charge in [-0.2, -0.15) is 4.98 Å². The highest BCUT2D eigenvalue weighted by Gasteiger charge is 2.29. The van der Waals surface area contributed by atoms with Crippen LogP contribution in [0.1, 0.15) is 12.5 Å². The number of benzene rings is 2. The number of carbonyl (C=O) groups excluding carboxylic acids is 1. The molecule has 1 atom stereocenters. The van der Waals surface area contributed by atoms with Gasteiger partial charge >= 0.3 is 0 Å². The third kappa shape index (κ3) is 4.20. The van der Waals surface area contributed by atoms with E-state index in [0.29, 0.717) is 30.4 Å². The standard InChI is InChI=1S/C22H19FN6O3/c23-16-6-8-18(9-7-16)31-14-20(30)28-11-10-17(12-28)29-13-19(25-27-29)22-24-21(26-32-22)15-4-2-1-3-5-15/h1-9,13,17H,10-12,14H2/t17-/m1/s1. The second-order valence-corrected chi connectivity index (χ2v) is 7.40. The number of ether oxygens (including phenoxy) is 1. The molecule has 4 aromatic rings. The van der Waals surface area contributed by atoms with Crippen LogP contribution in [0, 0.1) is 5.82 Å². The fraction of sp³-hybridized carbons (Fsp3) is 0.227. The highest BCUT2D eigenvalue weighted by Crippen LogP contribution is 2.24. The van der Waals surface area contributed by atoms with Crippen molar-refractivity contribution in [3.05, 3.63) is 66.6 Å². The molecular weight excluding hydrogens is 415 g/mol. The van der Waals surface area contributed by atoms with E-state index >= 15 is 0 Å². The third-order valence-corrected chi connectivity index (χ3v) is 5.25. The number of hydrogen-bond donors (Lipinski definition) is 0. The van der Waals surface area contributed by atoms with E-state index in [-0.39, 0.29) is 30.3 Å². The first-order valence-corrected chi connectivity index (χ1v) is 10.1. The van der Waals surface area contributed by atoms with Gasteiger partial charge in [-0.15, -0.1) is 5.10 Å². The number of likely N-dealkylation sites (tertiary alicyclic amines) is 1. The Hall–Kier alpha value is -4.08. The minimum atomic E-state index is -0.352. The van der Waals surface area contributed by atoms with E-state index in [0.717, 1.165) is 12.0 Å². The molecule has 0 spiro atoms. The molecule has 0 aliphatic carbocycles. The van der Waals surface area contributed by atoms with Gasteiger partial charge in [0.15, 0.2) is 12.3 Å². The highest BCUT2D eigenvalue weighted by molar-refractivity contribution is 5.78. The Balaban J connectivity index is 1.19. The van der Waals surface area contributed by atoms with Crippen molar-refractivity contribution < 1.29 is 18.4 Å². The molecule has 2 aromatic heterocycles. The normalized spacial score (nSPS) is 15.8. The molecule has 162 valence electrons. The summed E-state index contributed by atoms with van der Waals surface area (Å²) < 4.78 is 25.5. The summed E-state index contributed by atoms with van der Waals surface area (Å²) in [5.41, 5.74) is 1.33. The van der Waals surface area contributed by atoms with Crippen LogP contribution >= 0.6 is 0 Å². The maximum Gasteiger partial charge on any atom is 0.280 e. The number of halogens is 1. The quantitative estimate of drug-likeness (QED) is 0.460. The summed E-state index contributed by atoms with van der Waals surface area (Å²) in [5.74, 6) is 0.727. The van der Waals surface area contributed by atoms with Crippen LogP contribution in [0.15, 0.2) is 65.3 Å². The molecule has 1 aliphatic heterocycles. The summed E-state index contributed by atoms with van der Waals surface area (Å²) in [5, 5.41) is 12.3. The zero-order valence-electron chi connectivity index (χ0n) is 17.0. The summed E-state index contributed by atoms with van der Waals surface area (Å²) >= 11 is 0. The largest absolute Gasteiger partial charge is 0.484 e. The Bertz CT molecular complexity index is 1210. The topological polar surface area (TPSA) is 99.2 Å². The summed E-state index contributed by atoms with van der Waals surface area (Å²) in [7, 11) is 0. The second kappa shape index (κ2) is 8.58. The van der Waals surface area contributed by atoms with E-state index in [9.17, 15) is 9.18 Å². The minimum Gasteiger partial charge on any atom is -0.484 e. The monoisotopic (exact) mass is 434 g/mol. The van der Waals surface area contributed by atoms with Crippen molar-refractivity contribution in [2.45, 2.75) is 12.5 Å². The lowest BCUT2D eigenvalue weighted by atomic mass is 10.2. The average molecular weight is 434 g/mol. The molecule has 10 heteroatoms. The lowest BCUT2D eigenvalue weighted by molar-refractivity contribution is -0.132. The predicted octanol–water partition coefficient (Wildman–Crippen LogP) is 2.99. The molecule has 5 rings (SSSR count). The van der Waals surface area contributed by atoms with E-state index in [1.165, 1.54) is 24.3 Å². The molecule has 1 fully saturated rings. The Kier molecular flexibility index (Phi) is 5.32. The number of carbonyl (C=O) groups is 1. The van der Waals surface area contributed by atoms with Gasteiger partial charge in [0, 0.05) is 18.7 Å². The van der Waals surface area contributed by atoms with E-state index in [1.807, 2.05) is 30.3 Å².